The molecule has 0 heterocycles. The van der Waals surface area contributed by atoms with E-state index in [4.69, 9.17) is 17.0 Å². The second kappa shape index (κ2) is 18.1. The van der Waals surface area contributed by atoms with Crippen LogP contribution in [0.5, 0.6) is 0 Å². The van der Waals surface area contributed by atoms with Gasteiger partial charge in [-0.25, -0.2) is 0 Å². The zero-order valence-electron chi connectivity index (χ0n) is 27.4. The van der Waals surface area contributed by atoms with E-state index in [0.717, 1.165) is 22.4 Å². The molecule has 226 valence electrons. The fraction of sp³-hybridized carbons (Fsp3) is 0.250. The van der Waals surface area contributed by atoms with E-state index < -0.39 is 20.8 Å². The Morgan fingerprint density at radius 2 is 0.909 bits per heavy atom. The average molecular weight is 715 g/mol. The summed E-state index contributed by atoms with van der Waals surface area (Å²) in [5, 5.41) is 5.51. The van der Waals surface area contributed by atoms with Gasteiger partial charge in [-0.15, -0.1) is 69.1 Å². The molecule has 4 heteroatoms. The summed E-state index contributed by atoms with van der Waals surface area (Å²) < 4.78 is 0. The number of halogens is 2. The van der Waals surface area contributed by atoms with Crippen LogP contribution in [-0.4, -0.2) is 9.52 Å². The van der Waals surface area contributed by atoms with Gasteiger partial charge >= 0.3 is 37.9 Å². The first-order chi connectivity index (χ1) is 21.2. The molecule has 0 bridgehead atoms. The van der Waals surface area contributed by atoms with Gasteiger partial charge in [0.25, 0.3) is 0 Å². The van der Waals surface area contributed by atoms with E-state index in [1.807, 2.05) is 0 Å². The Morgan fingerprint density at radius 3 is 1.23 bits per heavy atom. The average Bonchev–Trinajstić information content (AvgIpc) is 3.64. The van der Waals surface area contributed by atoms with Gasteiger partial charge in [0.2, 0.25) is 0 Å². The Morgan fingerprint density at radius 1 is 0.568 bits per heavy atom. The van der Waals surface area contributed by atoms with Crippen molar-refractivity contribution < 1.29 is 20.8 Å². The summed E-state index contributed by atoms with van der Waals surface area (Å²) >= 11 is -0.826. The van der Waals surface area contributed by atoms with Crippen LogP contribution in [0, 0.1) is 27.7 Å². The first-order valence-electron chi connectivity index (χ1n) is 15.3. The normalized spacial score (nSPS) is 10.2. The maximum atomic E-state index is 4.93. The molecule has 0 aliphatic carbocycles. The quantitative estimate of drug-likeness (QED) is 0.126. The Kier molecular flexibility index (Phi) is 14.9. The van der Waals surface area contributed by atoms with Crippen molar-refractivity contribution in [1.29, 1.82) is 0 Å². The molecule has 0 N–H and O–H groups in total. The van der Waals surface area contributed by atoms with Crippen molar-refractivity contribution in [1.82, 2.24) is 0 Å². The van der Waals surface area contributed by atoms with E-state index in [1.165, 1.54) is 77.2 Å². The topological polar surface area (TPSA) is 0 Å². The van der Waals surface area contributed by atoms with Crippen molar-refractivity contribution >= 4 is 48.1 Å². The molecule has 0 nitrogen and oxygen atoms in total. The van der Waals surface area contributed by atoms with Crippen LogP contribution in [0.4, 0.5) is 0 Å². The molecule has 2 radical (unpaired) electrons. The Bertz CT molecular complexity index is 1640. The summed E-state index contributed by atoms with van der Waals surface area (Å²) in [7, 11) is 11.0. The zero-order chi connectivity index (χ0) is 32.2. The van der Waals surface area contributed by atoms with E-state index >= 15 is 0 Å². The van der Waals surface area contributed by atoms with Gasteiger partial charge in [0.05, 0.1) is 0 Å². The van der Waals surface area contributed by atoms with Gasteiger partial charge in [-0.1, -0.05) is 97.7 Å². The third-order valence-corrected chi connectivity index (χ3v) is 7.96. The van der Waals surface area contributed by atoms with Crippen molar-refractivity contribution in [2.75, 3.05) is 0 Å². The predicted molar refractivity (Wildman–Crippen MR) is 197 cm³/mol. The van der Waals surface area contributed by atoms with Crippen molar-refractivity contribution in [2.24, 2.45) is 0 Å². The van der Waals surface area contributed by atoms with E-state index in [1.54, 1.807) is 0 Å². The van der Waals surface area contributed by atoms with Crippen molar-refractivity contribution in [3.63, 3.8) is 0 Å². The Labute approximate surface area is 287 Å². The molecule has 44 heavy (non-hydrogen) atoms. The van der Waals surface area contributed by atoms with Crippen LogP contribution in [0.3, 0.4) is 0 Å². The second-order valence-corrected chi connectivity index (χ2v) is 15.9. The van der Waals surface area contributed by atoms with E-state index in [9.17, 15) is 0 Å². The molecule has 0 saturated heterocycles. The summed E-state index contributed by atoms with van der Waals surface area (Å²) in [5.41, 5.74) is 13.8. The molecule has 0 fully saturated rings. The van der Waals surface area contributed by atoms with Gasteiger partial charge in [0.1, 0.15) is 0 Å². The molecule has 0 spiro atoms. The first kappa shape index (κ1) is 36.3. The van der Waals surface area contributed by atoms with Crippen LogP contribution in [0.1, 0.15) is 47.2 Å². The summed E-state index contributed by atoms with van der Waals surface area (Å²) in [6.07, 6.45) is 2.20. The van der Waals surface area contributed by atoms with Gasteiger partial charge in [-0.3, -0.25) is 0 Å². The molecule has 0 saturated carbocycles. The molecular weight excluding hydrogens is 671 g/mol. The van der Waals surface area contributed by atoms with Crippen LogP contribution in [0.15, 0.2) is 97.1 Å². The van der Waals surface area contributed by atoms with E-state index in [0.29, 0.717) is 0 Å². The standard InChI is InChI=1S/2C19H19.C2H6Si.2ClH.Zr/c2*1-4-15-11-16-10-9-14(3)19(18(16)12-15)17-8-6-5-7-13(17)2;1-3-2;;;/h2*5-12H,4H2,1-3H3;1-2H3;2*1H;/q2*-1;;;;+4/p-2. The number of benzene rings is 4. The molecule has 0 atom stereocenters. The Balaban J connectivity index is 0.000000204. The fourth-order valence-corrected chi connectivity index (χ4v) is 5.74. The van der Waals surface area contributed by atoms with Crippen LogP contribution in [0.2, 0.25) is 13.1 Å². The summed E-state index contributed by atoms with van der Waals surface area (Å²) in [5.74, 6) is 0. The summed E-state index contributed by atoms with van der Waals surface area (Å²) in [6, 6.07) is 35.6. The van der Waals surface area contributed by atoms with Gasteiger partial charge in [-0.2, -0.15) is 12.1 Å². The minimum atomic E-state index is -0.826. The van der Waals surface area contributed by atoms with Gasteiger partial charge in [0.15, 0.2) is 0 Å². The van der Waals surface area contributed by atoms with Crippen molar-refractivity contribution in [2.45, 2.75) is 67.5 Å². The second-order valence-electron chi connectivity index (χ2n) is 11.2. The maximum absolute atomic E-state index is 4.93. The molecule has 6 aromatic rings. The molecule has 0 amide bonds. The first-order valence-corrected chi connectivity index (χ1v) is 23.6. The zero-order valence-corrected chi connectivity index (χ0v) is 32.4. The number of rotatable bonds is 4. The van der Waals surface area contributed by atoms with Gasteiger partial charge in [-0.05, 0) is 62.8 Å². The van der Waals surface area contributed by atoms with E-state index in [2.05, 4.69) is 152 Å². The fourth-order valence-electron chi connectivity index (χ4n) is 5.74. The number of hydrogen-bond acceptors (Lipinski definition) is 0. The van der Waals surface area contributed by atoms with Crippen LogP contribution in [-0.2, 0) is 33.7 Å². The SMILES string of the molecule is CCc1cc2c(-c3ccccc3C)c(C)ccc2[cH-]1.CCc1cc2c(-c3ccccc3C)c(C)ccc2[cH-]1.C[Si]C.[Cl][Zr+2][Cl]. The molecule has 0 aliphatic rings. The molecule has 0 aromatic heterocycles. The van der Waals surface area contributed by atoms with Crippen molar-refractivity contribution in [3.8, 4) is 22.3 Å². The molecule has 6 rings (SSSR count). The predicted octanol–water partition coefficient (Wildman–Crippen LogP) is 13.0. The minimum absolute atomic E-state index is 0.826. The summed E-state index contributed by atoms with van der Waals surface area (Å²) in [6.45, 7) is 17.5. The monoisotopic (exact) mass is 712 g/mol. The van der Waals surface area contributed by atoms with Crippen LogP contribution >= 0.6 is 17.0 Å². The molecule has 0 unspecified atom stereocenters. The molecular formula is C40H44Cl2SiZr. The summed E-state index contributed by atoms with van der Waals surface area (Å²) in [4.78, 5) is 0. The molecule has 0 aliphatic heterocycles. The van der Waals surface area contributed by atoms with Crippen LogP contribution in [0.25, 0.3) is 43.8 Å². The number of hydrogen-bond donors (Lipinski definition) is 0. The molecule has 6 aromatic carbocycles. The van der Waals surface area contributed by atoms with E-state index in [-0.39, 0.29) is 0 Å². The van der Waals surface area contributed by atoms with Gasteiger partial charge < -0.3 is 0 Å². The van der Waals surface area contributed by atoms with Gasteiger partial charge in [0, 0.05) is 9.52 Å². The number of aryl methyl sites for hydroxylation is 6. The van der Waals surface area contributed by atoms with Crippen LogP contribution < -0.4 is 0 Å². The number of fused-ring (bicyclic) bond motifs is 2. The third-order valence-electron chi connectivity index (χ3n) is 7.96. The van der Waals surface area contributed by atoms with Crippen molar-refractivity contribution in [3.05, 3.63) is 130 Å². The third kappa shape index (κ3) is 8.95. The Hall–Kier alpha value is -2.22.